The number of H-pyrrole nitrogens is 1. The molecular weight excluding hydrogens is 376 g/mol. The Morgan fingerprint density at radius 1 is 1.03 bits per heavy atom. The number of ether oxygens (including phenoxy) is 1. The molecule has 4 aromatic rings. The molecule has 1 fully saturated rings. The van der Waals surface area contributed by atoms with Crippen molar-refractivity contribution in [2.24, 2.45) is 0 Å². The molecule has 6 nitrogen and oxygen atoms in total. The van der Waals surface area contributed by atoms with Gasteiger partial charge in [-0.25, -0.2) is 14.8 Å². The van der Waals surface area contributed by atoms with Crippen molar-refractivity contribution in [3.63, 3.8) is 0 Å². The molecule has 0 bridgehead atoms. The third-order valence-corrected chi connectivity index (χ3v) is 6.42. The largest absolute Gasteiger partial charge is 0.451 e. The number of nitrogens with one attached hydrogen (secondary N) is 1. The third-order valence-electron chi connectivity index (χ3n) is 6.42. The highest BCUT2D eigenvalue weighted by atomic mass is 16.6. The van der Waals surface area contributed by atoms with Gasteiger partial charge in [0.1, 0.15) is 11.4 Å². The molecule has 6 heteroatoms. The van der Waals surface area contributed by atoms with E-state index in [4.69, 9.17) is 9.72 Å². The number of rotatable bonds is 2. The second kappa shape index (κ2) is 6.49. The average Bonchev–Trinajstić information content (AvgIpc) is 3.34. The smallest absolute Gasteiger partial charge is 0.339 e. The molecule has 2 aliphatic rings. The van der Waals surface area contributed by atoms with Crippen molar-refractivity contribution in [2.75, 3.05) is 0 Å². The lowest BCUT2D eigenvalue weighted by Crippen LogP contribution is -2.31. The molecule has 148 valence electrons. The van der Waals surface area contributed by atoms with Crippen molar-refractivity contribution in [3.8, 4) is 11.3 Å². The highest BCUT2D eigenvalue weighted by Gasteiger charge is 2.47. The van der Waals surface area contributed by atoms with E-state index in [0.717, 1.165) is 59.5 Å². The summed E-state index contributed by atoms with van der Waals surface area (Å²) in [4.78, 5) is 29.5. The normalized spacial score (nSPS) is 22.9. The van der Waals surface area contributed by atoms with Crippen LogP contribution in [-0.2, 0) is 10.3 Å². The van der Waals surface area contributed by atoms with Gasteiger partial charge < -0.3 is 9.72 Å². The number of imidazole rings is 1. The van der Waals surface area contributed by atoms with Crippen LogP contribution in [-0.4, -0.2) is 25.9 Å². The topological polar surface area (TPSA) is 80.8 Å². The van der Waals surface area contributed by atoms with Crippen LogP contribution in [0.25, 0.3) is 22.4 Å². The van der Waals surface area contributed by atoms with E-state index in [1.165, 1.54) is 0 Å². The van der Waals surface area contributed by atoms with Gasteiger partial charge in [0.25, 0.3) is 0 Å². The Morgan fingerprint density at radius 2 is 1.87 bits per heavy atom. The number of fused-ring (bicyclic) bond motifs is 3. The maximum absolute atomic E-state index is 12.3. The first-order valence-electron chi connectivity index (χ1n) is 10.3. The molecule has 30 heavy (non-hydrogen) atoms. The summed E-state index contributed by atoms with van der Waals surface area (Å²) >= 11 is 0. The molecule has 0 unspecified atom stereocenters. The van der Waals surface area contributed by atoms with Gasteiger partial charge in [0.2, 0.25) is 0 Å². The molecule has 1 aromatic carbocycles. The van der Waals surface area contributed by atoms with Gasteiger partial charge in [-0.05, 0) is 49.9 Å². The van der Waals surface area contributed by atoms with Crippen LogP contribution in [0.5, 0.6) is 0 Å². The van der Waals surface area contributed by atoms with Gasteiger partial charge in [0, 0.05) is 29.4 Å². The summed E-state index contributed by atoms with van der Waals surface area (Å²) in [6.07, 6.45) is 7.04. The summed E-state index contributed by atoms with van der Waals surface area (Å²) in [6, 6.07) is 15.7. The monoisotopic (exact) mass is 396 g/mol. The molecule has 1 aliphatic heterocycles. The summed E-state index contributed by atoms with van der Waals surface area (Å²) in [5.74, 6) is 1.07. The fourth-order valence-corrected chi connectivity index (χ4v) is 4.86. The summed E-state index contributed by atoms with van der Waals surface area (Å²) in [5, 5.41) is 0. The van der Waals surface area contributed by atoms with Gasteiger partial charge in [-0.2, -0.15) is 0 Å². The molecule has 3 aromatic heterocycles. The molecule has 1 aliphatic carbocycles. The third kappa shape index (κ3) is 2.64. The van der Waals surface area contributed by atoms with Gasteiger partial charge in [-0.15, -0.1) is 0 Å². The van der Waals surface area contributed by atoms with Crippen LogP contribution >= 0.6 is 0 Å². The van der Waals surface area contributed by atoms with Crippen molar-refractivity contribution in [2.45, 2.75) is 37.2 Å². The van der Waals surface area contributed by atoms with E-state index in [2.05, 4.69) is 21.0 Å². The quantitative estimate of drug-likeness (QED) is 0.495. The van der Waals surface area contributed by atoms with Crippen LogP contribution in [0.15, 0.2) is 60.9 Å². The molecule has 1 saturated carbocycles. The van der Waals surface area contributed by atoms with Crippen LogP contribution < -0.4 is 0 Å². The maximum Gasteiger partial charge on any atom is 0.339 e. The minimum atomic E-state index is -0.472. The fraction of sp³-hybridized carbons (Fsp3) is 0.250. The Kier molecular flexibility index (Phi) is 3.75. The van der Waals surface area contributed by atoms with E-state index in [1.54, 1.807) is 6.20 Å². The number of esters is 1. The number of carbonyl (C=O) groups excluding carboxylic acids is 1. The first kappa shape index (κ1) is 17.3. The zero-order valence-electron chi connectivity index (χ0n) is 16.3. The van der Waals surface area contributed by atoms with Gasteiger partial charge in [-0.3, -0.25) is 4.98 Å². The zero-order chi connectivity index (χ0) is 20.1. The number of nitrogens with zero attached hydrogens (tertiary/aromatic N) is 3. The molecular formula is C24H20N4O2. The highest BCUT2D eigenvalue weighted by molar-refractivity contribution is 5.94. The van der Waals surface area contributed by atoms with E-state index in [1.807, 2.05) is 48.7 Å². The Bertz CT molecular complexity index is 1260. The fourth-order valence-electron chi connectivity index (χ4n) is 4.86. The number of aromatic nitrogens is 4. The second-order valence-corrected chi connectivity index (χ2v) is 8.14. The van der Waals surface area contributed by atoms with Gasteiger partial charge in [-0.1, -0.05) is 24.3 Å². The predicted molar refractivity (Wildman–Crippen MR) is 112 cm³/mol. The van der Waals surface area contributed by atoms with Crippen LogP contribution in [0.2, 0.25) is 0 Å². The Balaban J connectivity index is 1.26. The molecule has 0 amide bonds. The number of hydrogen-bond donors (Lipinski definition) is 1. The Hall–Kier alpha value is -3.54. The number of aromatic amines is 1. The Morgan fingerprint density at radius 3 is 2.70 bits per heavy atom. The minimum Gasteiger partial charge on any atom is -0.451 e. The molecule has 0 atom stereocenters. The van der Waals surface area contributed by atoms with E-state index in [0.29, 0.717) is 11.5 Å². The van der Waals surface area contributed by atoms with Gasteiger partial charge in [0.15, 0.2) is 5.65 Å². The number of pyridine rings is 2. The van der Waals surface area contributed by atoms with Gasteiger partial charge >= 0.3 is 5.97 Å². The standard InChI is InChI=1S/C24H20N4O2/c29-23-17-5-1-2-6-18(17)24(30-23)10-8-15(9-11-24)21-27-20-13-16(14-26-22(20)28-21)19-7-3-4-12-25-19/h1-7,12-15H,8-11H2,(H,26,27,28). The summed E-state index contributed by atoms with van der Waals surface area (Å²) in [7, 11) is 0. The van der Waals surface area contributed by atoms with Crippen molar-refractivity contribution in [1.29, 1.82) is 0 Å². The number of carbonyl (C=O) groups is 1. The van der Waals surface area contributed by atoms with Crippen LogP contribution in [0.3, 0.4) is 0 Å². The summed E-state index contributed by atoms with van der Waals surface area (Å²) in [5.41, 5.74) is 4.79. The zero-order valence-corrected chi connectivity index (χ0v) is 16.3. The molecule has 0 saturated heterocycles. The number of benzene rings is 1. The molecule has 1 spiro atoms. The lowest BCUT2D eigenvalue weighted by molar-refractivity contribution is -0.0312. The van der Waals surface area contributed by atoms with Crippen molar-refractivity contribution in [3.05, 3.63) is 77.9 Å². The van der Waals surface area contributed by atoms with Gasteiger partial charge in [0.05, 0.1) is 16.8 Å². The molecule has 4 heterocycles. The van der Waals surface area contributed by atoms with Crippen molar-refractivity contribution >= 4 is 17.1 Å². The lowest BCUT2D eigenvalue weighted by Gasteiger charge is -2.35. The molecule has 1 N–H and O–H groups in total. The number of hydrogen-bond acceptors (Lipinski definition) is 5. The lowest BCUT2D eigenvalue weighted by atomic mass is 9.75. The summed E-state index contributed by atoms with van der Waals surface area (Å²) in [6.45, 7) is 0. The molecule has 0 radical (unpaired) electrons. The average molecular weight is 396 g/mol. The van der Waals surface area contributed by atoms with Crippen LogP contribution in [0.1, 0.15) is 53.3 Å². The van der Waals surface area contributed by atoms with E-state index < -0.39 is 5.60 Å². The second-order valence-electron chi connectivity index (χ2n) is 8.14. The Labute approximate surface area is 173 Å². The first-order valence-corrected chi connectivity index (χ1v) is 10.3. The van der Waals surface area contributed by atoms with Crippen molar-refractivity contribution < 1.29 is 9.53 Å². The molecule has 6 rings (SSSR count). The van der Waals surface area contributed by atoms with Crippen LogP contribution in [0.4, 0.5) is 0 Å². The van der Waals surface area contributed by atoms with E-state index in [9.17, 15) is 4.79 Å². The van der Waals surface area contributed by atoms with Crippen molar-refractivity contribution in [1.82, 2.24) is 19.9 Å². The first-order chi connectivity index (χ1) is 14.7. The minimum absolute atomic E-state index is 0.195. The summed E-state index contributed by atoms with van der Waals surface area (Å²) < 4.78 is 5.88. The van der Waals surface area contributed by atoms with E-state index in [-0.39, 0.29) is 5.97 Å². The van der Waals surface area contributed by atoms with E-state index >= 15 is 0 Å². The predicted octanol–water partition coefficient (Wildman–Crippen LogP) is 4.74. The SMILES string of the molecule is O=C1OC2(CCC(c3nc4ncc(-c5ccccn5)cc4[nH]3)CC2)c2ccccc21. The maximum atomic E-state index is 12.3. The van der Waals surface area contributed by atoms with Crippen LogP contribution in [0, 0.1) is 0 Å². The highest BCUT2D eigenvalue weighted by Crippen LogP contribution is 2.49.